The minimum atomic E-state index is -1.11. The van der Waals surface area contributed by atoms with Crippen molar-refractivity contribution < 1.29 is 24.2 Å². The number of amides is 2. The minimum Gasteiger partial charge on any atom is -0.494 e. The molecule has 2 amide bonds. The van der Waals surface area contributed by atoms with Crippen LogP contribution in [0.15, 0.2) is 42.6 Å². The number of ether oxygens (including phenoxy) is 1. The molecule has 0 saturated heterocycles. The highest BCUT2D eigenvalue weighted by Gasteiger charge is 2.38. The number of aryl methyl sites for hydroxylation is 6. The van der Waals surface area contributed by atoms with E-state index in [0.29, 0.717) is 64.0 Å². The molecule has 0 spiro atoms. The van der Waals surface area contributed by atoms with Gasteiger partial charge in [0.25, 0.3) is 5.91 Å². The number of aromatic nitrogens is 4. The van der Waals surface area contributed by atoms with Crippen LogP contribution < -0.4 is 15.0 Å². The number of carboxylic acids is 1. The number of carbonyl (C=O) groups excluding carboxylic acids is 2. The first-order valence-electron chi connectivity index (χ1n) is 19.4. The Bertz CT molecular complexity index is 2630. The fraction of sp³-hybridized carbons (Fsp3) is 0.364. The smallest absolute Gasteiger partial charge is 0.337 e. The summed E-state index contributed by atoms with van der Waals surface area (Å²) in [7, 11) is 7.46. The summed E-state index contributed by atoms with van der Waals surface area (Å²) < 4.78 is 11.9. The van der Waals surface area contributed by atoms with E-state index in [-0.39, 0.29) is 36.4 Å². The maximum absolute atomic E-state index is 15.4. The average Bonchev–Trinajstić information content (AvgIpc) is 3.77. The monoisotopic (exact) mass is 825 g/mol. The molecule has 3 aromatic heterocycles. The Hall–Kier alpha value is -5.30. The predicted molar refractivity (Wildman–Crippen MR) is 231 cm³/mol. The first kappa shape index (κ1) is 40.9. The summed E-state index contributed by atoms with van der Waals surface area (Å²) in [6, 6.07) is 11.0. The molecule has 1 aliphatic rings. The van der Waals surface area contributed by atoms with Gasteiger partial charge in [-0.05, 0) is 109 Å². The highest BCUT2D eigenvalue weighted by molar-refractivity contribution is 6.35. The normalized spacial score (nSPS) is 14.2. The summed E-state index contributed by atoms with van der Waals surface area (Å²) in [6.07, 6.45) is 2.92. The van der Waals surface area contributed by atoms with Crippen LogP contribution in [0.5, 0.6) is 5.75 Å². The third-order valence-corrected chi connectivity index (χ3v) is 12.1. The van der Waals surface area contributed by atoms with Crippen LogP contribution in [0.3, 0.4) is 0 Å². The van der Waals surface area contributed by atoms with Gasteiger partial charge in [-0.3, -0.25) is 14.3 Å². The summed E-state index contributed by atoms with van der Waals surface area (Å²) in [6.45, 7) is 11.2. The number of carboxylic acid groups (broad SMARTS) is 1. The zero-order valence-electron chi connectivity index (χ0n) is 34.4. The summed E-state index contributed by atoms with van der Waals surface area (Å²) in [5.74, 6) is -0.836. The first-order chi connectivity index (χ1) is 27.5. The summed E-state index contributed by atoms with van der Waals surface area (Å²) in [4.78, 5) is 44.6. The Labute approximate surface area is 347 Å². The van der Waals surface area contributed by atoms with Gasteiger partial charge in [0, 0.05) is 84.1 Å². The van der Waals surface area contributed by atoms with Gasteiger partial charge in [0.2, 0.25) is 5.91 Å². The highest BCUT2D eigenvalue weighted by Crippen LogP contribution is 2.46. The number of fused-ring (bicyclic) bond motifs is 4. The number of benzene rings is 3. The molecule has 14 heteroatoms. The van der Waals surface area contributed by atoms with Gasteiger partial charge in [0.1, 0.15) is 11.4 Å². The average molecular weight is 827 g/mol. The molecule has 58 heavy (non-hydrogen) atoms. The van der Waals surface area contributed by atoms with Crippen molar-refractivity contribution in [2.45, 2.75) is 59.9 Å². The van der Waals surface area contributed by atoms with Crippen LogP contribution in [0.1, 0.15) is 74.7 Å². The van der Waals surface area contributed by atoms with Gasteiger partial charge in [0.15, 0.2) is 0 Å². The molecule has 0 fully saturated rings. The van der Waals surface area contributed by atoms with Crippen molar-refractivity contribution in [1.29, 1.82) is 0 Å². The van der Waals surface area contributed by atoms with E-state index in [1.165, 1.54) is 0 Å². The SMILES string of the molecule is Cc1cc(OCCCc2c3n(c4c(-c5c(C)nn(C)c5C)c(Cl)ccc24)C(C)CN(c2cc(NC(=O)CCN(C)C)cc4c(C(=O)O)cn(C)c24)C3=O)cc(C)c1Cl. The number of aromatic carboxylic acids is 1. The molecular weight excluding hydrogens is 777 g/mol. The van der Waals surface area contributed by atoms with E-state index in [4.69, 9.17) is 33.0 Å². The zero-order valence-corrected chi connectivity index (χ0v) is 35.9. The highest BCUT2D eigenvalue weighted by atomic mass is 35.5. The van der Waals surface area contributed by atoms with Crippen LogP contribution in [-0.4, -0.2) is 80.5 Å². The van der Waals surface area contributed by atoms with Crippen molar-refractivity contribution in [1.82, 2.24) is 23.8 Å². The Kier molecular flexibility index (Phi) is 11.1. The lowest BCUT2D eigenvalue weighted by Gasteiger charge is -2.35. The Morgan fingerprint density at radius 3 is 2.34 bits per heavy atom. The molecule has 1 atom stereocenters. The van der Waals surface area contributed by atoms with Crippen molar-refractivity contribution in [2.75, 3.05) is 44.0 Å². The van der Waals surface area contributed by atoms with E-state index in [2.05, 4.69) is 16.8 Å². The predicted octanol–water partition coefficient (Wildman–Crippen LogP) is 8.90. The number of carbonyl (C=O) groups is 3. The number of hydrogen-bond acceptors (Lipinski definition) is 6. The van der Waals surface area contributed by atoms with Gasteiger partial charge in [-0.25, -0.2) is 4.79 Å². The van der Waals surface area contributed by atoms with Crippen molar-refractivity contribution >= 4 is 74.2 Å². The van der Waals surface area contributed by atoms with E-state index in [1.54, 1.807) is 34.8 Å². The van der Waals surface area contributed by atoms with Gasteiger partial charge in [-0.2, -0.15) is 5.10 Å². The largest absolute Gasteiger partial charge is 0.494 e. The molecule has 7 rings (SSSR count). The maximum atomic E-state index is 15.4. The second kappa shape index (κ2) is 15.8. The minimum absolute atomic E-state index is 0.0722. The number of halogens is 2. The molecule has 0 radical (unpaired) electrons. The van der Waals surface area contributed by atoms with E-state index in [0.717, 1.165) is 55.9 Å². The van der Waals surface area contributed by atoms with E-state index >= 15 is 4.79 Å². The summed E-state index contributed by atoms with van der Waals surface area (Å²) >= 11 is 13.6. The molecule has 0 aliphatic carbocycles. The zero-order chi connectivity index (χ0) is 41.9. The van der Waals surface area contributed by atoms with Crippen molar-refractivity contribution in [2.24, 2.45) is 14.1 Å². The number of hydrogen-bond donors (Lipinski definition) is 2. The maximum Gasteiger partial charge on any atom is 0.337 e. The van der Waals surface area contributed by atoms with Crippen molar-refractivity contribution in [3.63, 3.8) is 0 Å². The van der Waals surface area contributed by atoms with Crippen LogP contribution in [0.4, 0.5) is 11.4 Å². The molecule has 304 valence electrons. The van der Waals surface area contributed by atoms with Crippen molar-refractivity contribution in [3.8, 4) is 16.9 Å². The molecule has 0 bridgehead atoms. The van der Waals surface area contributed by atoms with Gasteiger partial charge < -0.3 is 34.1 Å². The van der Waals surface area contributed by atoms with Gasteiger partial charge in [0.05, 0.1) is 39.6 Å². The van der Waals surface area contributed by atoms with E-state index in [1.807, 2.05) is 82.7 Å². The number of nitrogens with zero attached hydrogens (tertiary/aromatic N) is 6. The Morgan fingerprint density at radius 2 is 1.71 bits per heavy atom. The van der Waals surface area contributed by atoms with Crippen LogP contribution >= 0.6 is 23.2 Å². The molecule has 1 aliphatic heterocycles. The third kappa shape index (κ3) is 7.22. The van der Waals surface area contributed by atoms with Gasteiger partial charge in [-0.1, -0.05) is 29.3 Å². The number of anilines is 2. The fourth-order valence-electron chi connectivity index (χ4n) is 8.46. The molecule has 12 nitrogen and oxygen atoms in total. The molecular formula is C44H49Cl2N7O5. The lowest BCUT2D eigenvalue weighted by Crippen LogP contribution is -2.43. The van der Waals surface area contributed by atoms with Crippen LogP contribution in [0, 0.1) is 27.7 Å². The standard InChI is InChI=1S/C44H49Cl2N7O5/c1-23-17-29(18-24(2)39(23)46)58-16-10-11-30-31-12-13-34(45)38(37-26(4)48-51(9)27(37)5)41(31)53-25(3)21-52(43(55)42(30)53)35-20-28(47-36(54)14-15-49(6)7)19-32-33(44(56)57)22-50(8)40(32)35/h12-13,17-20,22,25H,10-11,14-16,21H2,1-9H3,(H,47,54)(H,56,57). The lowest BCUT2D eigenvalue weighted by molar-refractivity contribution is -0.116. The van der Waals surface area contributed by atoms with Gasteiger partial charge >= 0.3 is 5.97 Å². The van der Waals surface area contributed by atoms with Crippen molar-refractivity contribution in [3.05, 3.63) is 92.0 Å². The topological polar surface area (TPSA) is 127 Å². The third-order valence-electron chi connectivity index (χ3n) is 11.2. The quantitative estimate of drug-likeness (QED) is 0.118. The molecule has 0 saturated carbocycles. The summed E-state index contributed by atoms with van der Waals surface area (Å²) in [5, 5.41) is 20.5. The van der Waals surface area contributed by atoms with Gasteiger partial charge in [-0.15, -0.1) is 0 Å². The van der Waals surface area contributed by atoms with Crippen LogP contribution in [0.25, 0.3) is 32.9 Å². The second-order valence-electron chi connectivity index (χ2n) is 15.7. The number of rotatable bonds is 12. The Balaban J connectivity index is 1.38. The number of nitrogens with one attached hydrogen (secondary N) is 1. The summed E-state index contributed by atoms with van der Waals surface area (Å²) in [5.41, 5.74) is 9.21. The molecule has 6 aromatic rings. The molecule has 3 aromatic carbocycles. The molecule has 4 heterocycles. The molecule has 1 unspecified atom stereocenters. The first-order valence-corrected chi connectivity index (χ1v) is 20.1. The van der Waals surface area contributed by atoms with E-state index < -0.39 is 5.97 Å². The van der Waals surface area contributed by atoms with Crippen LogP contribution in [-0.2, 0) is 25.3 Å². The van der Waals surface area contributed by atoms with Crippen LogP contribution in [0.2, 0.25) is 10.0 Å². The van der Waals surface area contributed by atoms with E-state index in [9.17, 15) is 14.7 Å². The fourth-order valence-corrected chi connectivity index (χ4v) is 8.81. The second-order valence-corrected chi connectivity index (χ2v) is 16.5. The molecule has 2 N–H and O–H groups in total. The Morgan fingerprint density at radius 1 is 1.00 bits per heavy atom. The lowest BCUT2D eigenvalue weighted by atomic mass is 9.98.